The van der Waals surface area contributed by atoms with Gasteiger partial charge in [-0.2, -0.15) is 0 Å². The van der Waals surface area contributed by atoms with Crippen LogP contribution in [0.25, 0.3) is 71.4 Å². The Hall–Kier alpha value is -5.54. The van der Waals surface area contributed by atoms with Gasteiger partial charge in [-0.3, -0.25) is 8.97 Å². The second-order valence-corrected chi connectivity index (χ2v) is 9.27. The Labute approximate surface area is 216 Å². The van der Waals surface area contributed by atoms with E-state index in [9.17, 15) is 0 Å². The smallest absolute Gasteiger partial charge is 0.235 e. The van der Waals surface area contributed by atoms with E-state index in [-0.39, 0.29) is 0 Å². The van der Waals surface area contributed by atoms with E-state index < -0.39 is 0 Å². The molecule has 0 N–H and O–H groups in total. The maximum Gasteiger partial charge on any atom is 0.235 e. The van der Waals surface area contributed by atoms with Crippen molar-refractivity contribution in [3.63, 3.8) is 0 Å². The summed E-state index contributed by atoms with van der Waals surface area (Å²) in [5.41, 5.74) is 8.06. The number of pyridine rings is 1. The zero-order chi connectivity index (χ0) is 25.2. The molecule has 4 aromatic carbocycles. The monoisotopic (exact) mass is 486 g/mol. The second kappa shape index (κ2) is 7.73. The molecule has 4 aromatic heterocycles. The number of para-hydroxylation sites is 2. The van der Waals surface area contributed by atoms with E-state index in [4.69, 9.17) is 21.5 Å². The lowest BCUT2D eigenvalue weighted by Crippen LogP contribution is -2.03. The first-order valence-corrected chi connectivity index (χ1v) is 12.3. The molecule has 0 atom stereocenters. The number of hydrogen-bond donors (Lipinski definition) is 0. The summed E-state index contributed by atoms with van der Waals surface area (Å²) in [6, 6.07) is 34.3. The van der Waals surface area contributed by atoms with Crippen molar-refractivity contribution in [3.8, 4) is 17.2 Å². The number of benzene rings is 4. The predicted molar refractivity (Wildman–Crippen MR) is 152 cm³/mol. The van der Waals surface area contributed by atoms with Gasteiger partial charge in [-0.05, 0) is 48.0 Å². The number of nitrogens with zero attached hydrogens (tertiary/aromatic N) is 6. The topological polar surface area (TPSA) is 52.4 Å². The maximum atomic E-state index is 7.49. The van der Waals surface area contributed by atoms with Gasteiger partial charge < -0.3 is 0 Å². The summed E-state index contributed by atoms with van der Waals surface area (Å²) < 4.78 is 4.25. The molecule has 0 spiro atoms. The molecule has 0 unspecified atom stereocenters. The molecule has 0 fully saturated rings. The standard InChI is InChI=1S/C32H18N6/c1-33-21-10-8-9-20(19-21)30-22-11-2-4-13-24(22)34-32(36-30)38-25-14-5-3-12-23(25)29-26(38)16-17-27-31(29)35-28-15-6-7-18-37(27)28/h2-19H. The minimum atomic E-state index is 0.581. The molecule has 8 rings (SSSR count). The van der Waals surface area contributed by atoms with Gasteiger partial charge in [0.05, 0.1) is 39.8 Å². The van der Waals surface area contributed by atoms with Crippen LogP contribution in [-0.2, 0) is 0 Å². The van der Waals surface area contributed by atoms with Gasteiger partial charge in [-0.15, -0.1) is 0 Å². The quantitative estimate of drug-likeness (QED) is 0.235. The summed E-state index contributed by atoms with van der Waals surface area (Å²) in [7, 11) is 0. The summed E-state index contributed by atoms with van der Waals surface area (Å²) in [5.74, 6) is 0.584. The third-order valence-corrected chi connectivity index (χ3v) is 7.15. The normalized spacial score (nSPS) is 11.7. The van der Waals surface area contributed by atoms with Crippen molar-refractivity contribution in [3.05, 3.63) is 121 Å². The zero-order valence-corrected chi connectivity index (χ0v) is 20.1. The predicted octanol–water partition coefficient (Wildman–Crippen LogP) is 7.75. The number of imidazole rings is 1. The summed E-state index contributed by atoms with van der Waals surface area (Å²) in [6.45, 7) is 7.49. The largest absolute Gasteiger partial charge is 0.300 e. The average Bonchev–Trinajstić information content (AvgIpc) is 3.52. The Morgan fingerprint density at radius 3 is 2.39 bits per heavy atom. The van der Waals surface area contributed by atoms with E-state index >= 15 is 0 Å². The van der Waals surface area contributed by atoms with E-state index in [1.807, 2.05) is 79.0 Å². The van der Waals surface area contributed by atoms with E-state index in [0.717, 1.165) is 60.6 Å². The van der Waals surface area contributed by atoms with Crippen LogP contribution in [0, 0.1) is 6.57 Å². The van der Waals surface area contributed by atoms with Crippen molar-refractivity contribution in [2.24, 2.45) is 0 Å². The molecule has 4 heterocycles. The Morgan fingerprint density at radius 2 is 1.47 bits per heavy atom. The van der Waals surface area contributed by atoms with Crippen molar-refractivity contribution in [1.82, 2.24) is 23.9 Å². The number of fused-ring (bicyclic) bond motifs is 8. The Bertz CT molecular complexity index is 2260. The molecule has 0 bridgehead atoms. The molecule has 0 saturated heterocycles. The van der Waals surface area contributed by atoms with Crippen molar-refractivity contribution >= 4 is 55.1 Å². The Morgan fingerprint density at radius 1 is 0.658 bits per heavy atom. The van der Waals surface area contributed by atoms with Gasteiger partial charge in [0, 0.05) is 22.4 Å². The van der Waals surface area contributed by atoms with Gasteiger partial charge in [-0.25, -0.2) is 19.8 Å². The summed E-state index contributed by atoms with van der Waals surface area (Å²) in [5, 5.41) is 3.13. The van der Waals surface area contributed by atoms with Crippen LogP contribution in [0.2, 0.25) is 0 Å². The number of hydrogen-bond acceptors (Lipinski definition) is 3. The molecule has 8 aromatic rings. The molecule has 0 radical (unpaired) electrons. The lowest BCUT2D eigenvalue weighted by atomic mass is 10.1. The summed E-state index contributed by atoms with van der Waals surface area (Å²) in [6.07, 6.45) is 2.05. The van der Waals surface area contributed by atoms with E-state index in [2.05, 4.69) is 44.1 Å². The van der Waals surface area contributed by atoms with Gasteiger partial charge in [0.25, 0.3) is 0 Å². The van der Waals surface area contributed by atoms with Gasteiger partial charge in [-0.1, -0.05) is 60.7 Å². The highest BCUT2D eigenvalue weighted by molar-refractivity contribution is 6.20. The lowest BCUT2D eigenvalue weighted by molar-refractivity contribution is 1.01. The Balaban J connectivity index is 1.51. The SMILES string of the molecule is [C-]#[N+]c1cccc(-c2nc(-n3c4ccccc4c4c5nc6ccccn6c5ccc43)nc3ccccc23)c1. The third-order valence-electron chi connectivity index (χ3n) is 7.15. The first kappa shape index (κ1) is 20.6. The molecule has 0 aliphatic heterocycles. The molecule has 6 nitrogen and oxygen atoms in total. The number of rotatable bonds is 2. The molecule has 0 aliphatic rings. The highest BCUT2D eigenvalue weighted by Crippen LogP contribution is 2.37. The lowest BCUT2D eigenvalue weighted by Gasteiger charge is -2.12. The van der Waals surface area contributed by atoms with Crippen molar-refractivity contribution in [2.45, 2.75) is 0 Å². The molecule has 0 amide bonds. The van der Waals surface area contributed by atoms with Crippen LogP contribution in [0.5, 0.6) is 0 Å². The van der Waals surface area contributed by atoms with Crippen LogP contribution in [0.4, 0.5) is 5.69 Å². The van der Waals surface area contributed by atoms with Gasteiger partial charge >= 0.3 is 0 Å². The van der Waals surface area contributed by atoms with Crippen molar-refractivity contribution in [2.75, 3.05) is 0 Å². The fourth-order valence-corrected chi connectivity index (χ4v) is 5.50. The maximum absolute atomic E-state index is 7.49. The van der Waals surface area contributed by atoms with E-state index in [1.165, 1.54) is 0 Å². The van der Waals surface area contributed by atoms with Gasteiger partial charge in [0.2, 0.25) is 5.95 Å². The third kappa shape index (κ3) is 2.84. The molecule has 176 valence electrons. The first-order valence-electron chi connectivity index (χ1n) is 12.3. The summed E-state index contributed by atoms with van der Waals surface area (Å²) >= 11 is 0. The van der Waals surface area contributed by atoms with E-state index in [0.29, 0.717) is 11.6 Å². The minimum Gasteiger partial charge on any atom is -0.300 e. The molecule has 38 heavy (non-hydrogen) atoms. The molecule has 6 heteroatoms. The molecule has 0 saturated carbocycles. The van der Waals surface area contributed by atoms with Crippen molar-refractivity contribution in [1.29, 1.82) is 0 Å². The molecular weight excluding hydrogens is 468 g/mol. The van der Waals surface area contributed by atoms with Crippen LogP contribution >= 0.6 is 0 Å². The summed E-state index contributed by atoms with van der Waals surface area (Å²) in [4.78, 5) is 18.8. The van der Waals surface area contributed by atoms with Crippen LogP contribution in [0.3, 0.4) is 0 Å². The fraction of sp³-hybridized carbons (Fsp3) is 0. The van der Waals surface area contributed by atoms with Gasteiger partial charge in [0.15, 0.2) is 5.69 Å². The Kier molecular flexibility index (Phi) is 4.20. The molecule has 0 aliphatic carbocycles. The van der Waals surface area contributed by atoms with Crippen LogP contribution in [0.15, 0.2) is 109 Å². The molecular formula is C32H18N6. The zero-order valence-electron chi connectivity index (χ0n) is 20.1. The first-order chi connectivity index (χ1) is 18.8. The highest BCUT2D eigenvalue weighted by atomic mass is 15.2. The minimum absolute atomic E-state index is 0.581. The highest BCUT2D eigenvalue weighted by Gasteiger charge is 2.20. The fourth-order valence-electron chi connectivity index (χ4n) is 5.50. The van der Waals surface area contributed by atoms with Crippen LogP contribution < -0.4 is 0 Å². The van der Waals surface area contributed by atoms with Crippen LogP contribution in [0.1, 0.15) is 0 Å². The van der Waals surface area contributed by atoms with Gasteiger partial charge in [0.1, 0.15) is 5.65 Å². The van der Waals surface area contributed by atoms with Crippen LogP contribution in [-0.4, -0.2) is 23.9 Å². The second-order valence-electron chi connectivity index (χ2n) is 9.27. The number of aromatic nitrogens is 5. The van der Waals surface area contributed by atoms with Crippen molar-refractivity contribution < 1.29 is 0 Å². The van der Waals surface area contributed by atoms with E-state index in [1.54, 1.807) is 0 Å². The average molecular weight is 487 g/mol.